The van der Waals surface area contributed by atoms with E-state index in [9.17, 15) is 5.26 Å². The molecule has 0 aromatic heterocycles. The monoisotopic (exact) mass is 409 g/mol. The molecule has 0 atom stereocenters. The molecule has 21 heavy (non-hydrogen) atoms. The molecular formula is C16H9ClINO2. The minimum Gasteiger partial charge on any atom is -0.454 e. The van der Waals surface area contributed by atoms with E-state index in [1.165, 1.54) is 0 Å². The van der Waals surface area contributed by atoms with Gasteiger partial charge >= 0.3 is 0 Å². The van der Waals surface area contributed by atoms with Crippen LogP contribution in [0.2, 0.25) is 5.02 Å². The summed E-state index contributed by atoms with van der Waals surface area (Å²) in [5.74, 6) is 1.27. The van der Waals surface area contributed by atoms with Crippen LogP contribution in [0.1, 0.15) is 11.1 Å². The van der Waals surface area contributed by atoms with Crippen LogP contribution in [0.25, 0.3) is 11.6 Å². The molecule has 0 bridgehead atoms. The number of hydrogen-bond donors (Lipinski definition) is 0. The molecule has 0 fully saturated rings. The highest BCUT2D eigenvalue weighted by molar-refractivity contribution is 14.1. The Hall–Kier alpha value is -1.71. The van der Waals surface area contributed by atoms with Gasteiger partial charge < -0.3 is 9.47 Å². The summed E-state index contributed by atoms with van der Waals surface area (Å²) >= 11 is 8.46. The molecule has 1 aliphatic rings. The molecule has 1 heterocycles. The predicted molar refractivity (Wildman–Crippen MR) is 90.2 cm³/mol. The molecule has 0 aliphatic carbocycles. The van der Waals surface area contributed by atoms with Crippen molar-refractivity contribution in [1.82, 2.24) is 0 Å². The summed E-state index contributed by atoms with van der Waals surface area (Å²) in [6.07, 6.45) is 1.76. The maximum atomic E-state index is 9.38. The van der Waals surface area contributed by atoms with Crippen LogP contribution in [0.3, 0.4) is 0 Å². The number of fused-ring (bicyclic) bond motifs is 1. The smallest absolute Gasteiger partial charge is 0.231 e. The van der Waals surface area contributed by atoms with Crippen molar-refractivity contribution in [2.75, 3.05) is 6.79 Å². The lowest BCUT2D eigenvalue weighted by atomic mass is 10.0. The fourth-order valence-electron chi connectivity index (χ4n) is 2.01. The van der Waals surface area contributed by atoms with Crippen LogP contribution in [0.5, 0.6) is 11.5 Å². The molecule has 3 nitrogen and oxygen atoms in total. The minimum absolute atomic E-state index is 0.195. The lowest BCUT2D eigenvalue weighted by Crippen LogP contribution is -1.92. The lowest BCUT2D eigenvalue weighted by Gasteiger charge is -2.04. The van der Waals surface area contributed by atoms with Crippen molar-refractivity contribution in [2.45, 2.75) is 0 Å². The van der Waals surface area contributed by atoms with Gasteiger partial charge in [-0.1, -0.05) is 23.7 Å². The van der Waals surface area contributed by atoms with Crippen LogP contribution < -0.4 is 9.47 Å². The number of hydrogen-bond acceptors (Lipinski definition) is 3. The second-order valence-corrected chi connectivity index (χ2v) is 6.06. The molecule has 0 N–H and O–H groups in total. The van der Waals surface area contributed by atoms with E-state index in [2.05, 4.69) is 28.7 Å². The van der Waals surface area contributed by atoms with Gasteiger partial charge in [0.2, 0.25) is 6.79 Å². The summed E-state index contributed by atoms with van der Waals surface area (Å²) in [7, 11) is 0. The van der Waals surface area contributed by atoms with Gasteiger partial charge in [0.25, 0.3) is 0 Å². The third-order valence-corrected chi connectivity index (χ3v) is 4.11. The van der Waals surface area contributed by atoms with Gasteiger partial charge in [-0.15, -0.1) is 0 Å². The van der Waals surface area contributed by atoms with Crippen molar-refractivity contribution in [3.63, 3.8) is 0 Å². The second kappa shape index (κ2) is 5.96. The largest absolute Gasteiger partial charge is 0.454 e. The lowest BCUT2D eigenvalue weighted by molar-refractivity contribution is 0.174. The normalized spacial score (nSPS) is 13.1. The zero-order chi connectivity index (χ0) is 14.8. The van der Waals surface area contributed by atoms with Crippen molar-refractivity contribution in [3.05, 3.63) is 56.1 Å². The summed E-state index contributed by atoms with van der Waals surface area (Å²) in [5.41, 5.74) is 2.13. The Labute approximate surface area is 140 Å². The molecule has 0 spiro atoms. The Bertz CT molecular complexity index is 763. The summed E-state index contributed by atoms with van der Waals surface area (Å²) < 4.78 is 11.7. The first-order valence-corrected chi connectivity index (χ1v) is 7.60. The van der Waals surface area contributed by atoms with Gasteiger partial charge in [-0.2, -0.15) is 5.26 Å². The summed E-state index contributed by atoms with van der Waals surface area (Å²) in [4.78, 5) is 0. The van der Waals surface area contributed by atoms with Crippen molar-refractivity contribution in [3.8, 4) is 17.6 Å². The van der Waals surface area contributed by atoms with Crippen LogP contribution in [0.15, 0.2) is 36.4 Å². The van der Waals surface area contributed by atoms with E-state index in [0.29, 0.717) is 22.1 Å². The number of nitrogens with zero attached hydrogens (tertiary/aromatic N) is 1. The Morgan fingerprint density at radius 1 is 1.19 bits per heavy atom. The highest BCUT2D eigenvalue weighted by Crippen LogP contribution is 2.38. The molecule has 5 heteroatoms. The zero-order valence-corrected chi connectivity index (χ0v) is 13.7. The SMILES string of the molecule is N#C/C(=C\c1cc2c(cc1Cl)OCO2)c1ccc(I)cc1. The number of nitriles is 1. The predicted octanol–water partition coefficient (Wildman–Crippen LogP) is 4.74. The highest BCUT2D eigenvalue weighted by atomic mass is 127. The average Bonchev–Trinajstić information content (AvgIpc) is 2.93. The van der Waals surface area contributed by atoms with E-state index in [1.54, 1.807) is 18.2 Å². The quantitative estimate of drug-likeness (QED) is 0.409. The Morgan fingerprint density at radius 2 is 1.86 bits per heavy atom. The van der Waals surface area contributed by atoms with E-state index in [-0.39, 0.29) is 6.79 Å². The third-order valence-electron chi connectivity index (χ3n) is 3.07. The number of allylic oxidation sites excluding steroid dienone is 1. The number of benzene rings is 2. The Morgan fingerprint density at radius 3 is 2.52 bits per heavy atom. The molecule has 1 aliphatic heterocycles. The van der Waals surface area contributed by atoms with Gasteiger partial charge in [0.15, 0.2) is 11.5 Å². The molecule has 3 rings (SSSR count). The molecule has 0 saturated heterocycles. The Balaban J connectivity index is 2.03. The first-order chi connectivity index (χ1) is 10.2. The fourth-order valence-corrected chi connectivity index (χ4v) is 2.58. The van der Waals surface area contributed by atoms with Crippen LogP contribution >= 0.6 is 34.2 Å². The highest BCUT2D eigenvalue weighted by Gasteiger charge is 2.16. The molecule has 2 aromatic rings. The van der Waals surface area contributed by atoms with Crippen molar-refractivity contribution in [1.29, 1.82) is 5.26 Å². The van der Waals surface area contributed by atoms with Crippen LogP contribution in [-0.4, -0.2) is 6.79 Å². The van der Waals surface area contributed by atoms with Crippen LogP contribution in [0.4, 0.5) is 0 Å². The molecule has 0 saturated carbocycles. The third kappa shape index (κ3) is 2.99. The van der Waals surface area contributed by atoms with Gasteiger partial charge in [-0.25, -0.2) is 0 Å². The first kappa shape index (κ1) is 14.2. The van der Waals surface area contributed by atoms with E-state index < -0.39 is 0 Å². The van der Waals surface area contributed by atoms with Crippen molar-refractivity contribution >= 4 is 45.8 Å². The first-order valence-electron chi connectivity index (χ1n) is 6.14. The van der Waals surface area contributed by atoms with Crippen molar-refractivity contribution in [2.24, 2.45) is 0 Å². The van der Waals surface area contributed by atoms with Gasteiger partial charge in [0.1, 0.15) is 0 Å². The minimum atomic E-state index is 0.195. The number of rotatable bonds is 2. The number of halogens is 2. The maximum absolute atomic E-state index is 9.38. The van der Waals surface area contributed by atoms with Gasteiger partial charge in [-0.3, -0.25) is 0 Å². The second-order valence-electron chi connectivity index (χ2n) is 4.40. The van der Waals surface area contributed by atoms with E-state index in [4.69, 9.17) is 21.1 Å². The van der Waals surface area contributed by atoms with Gasteiger partial charge in [0, 0.05) is 9.64 Å². The van der Waals surface area contributed by atoms with E-state index >= 15 is 0 Å². The van der Waals surface area contributed by atoms with E-state index in [1.807, 2.05) is 24.3 Å². The topological polar surface area (TPSA) is 42.2 Å². The average molecular weight is 410 g/mol. The number of ether oxygens (including phenoxy) is 2. The van der Waals surface area contributed by atoms with Crippen LogP contribution in [0, 0.1) is 14.9 Å². The molecule has 0 amide bonds. The summed E-state index contributed by atoms with van der Waals surface area (Å²) in [6.45, 7) is 0.195. The molecular weight excluding hydrogens is 401 g/mol. The summed E-state index contributed by atoms with van der Waals surface area (Å²) in [6, 6.07) is 13.5. The van der Waals surface area contributed by atoms with Crippen LogP contribution in [-0.2, 0) is 0 Å². The zero-order valence-electron chi connectivity index (χ0n) is 10.8. The Kier molecular flexibility index (Phi) is 4.04. The van der Waals surface area contributed by atoms with Gasteiger partial charge in [-0.05, 0) is 58.0 Å². The fraction of sp³-hybridized carbons (Fsp3) is 0.0625. The summed E-state index contributed by atoms with van der Waals surface area (Å²) in [5, 5.41) is 9.90. The molecule has 0 radical (unpaired) electrons. The molecule has 0 unspecified atom stereocenters. The maximum Gasteiger partial charge on any atom is 0.231 e. The molecule has 2 aromatic carbocycles. The van der Waals surface area contributed by atoms with Gasteiger partial charge in [0.05, 0.1) is 16.7 Å². The van der Waals surface area contributed by atoms with Crippen molar-refractivity contribution < 1.29 is 9.47 Å². The standard InChI is InChI=1S/C16H9ClINO2/c17-14-7-16-15(20-9-21-16)6-11(14)5-12(8-19)10-1-3-13(18)4-2-10/h1-7H,9H2/b12-5+. The van der Waals surface area contributed by atoms with E-state index in [0.717, 1.165) is 14.7 Å². The molecule has 104 valence electrons.